The Bertz CT molecular complexity index is 1300. The summed E-state index contributed by atoms with van der Waals surface area (Å²) in [6.45, 7) is 9.85. The third kappa shape index (κ3) is 9.65. The molecule has 2 unspecified atom stereocenters. The molecule has 224 valence electrons. The zero-order valence-corrected chi connectivity index (χ0v) is 25.2. The van der Waals surface area contributed by atoms with E-state index in [0.29, 0.717) is 25.1 Å². The molecular weight excluding hydrogens is 530 g/mol. The zero-order valence-electron chi connectivity index (χ0n) is 25.2. The summed E-state index contributed by atoms with van der Waals surface area (Å²) < 4.78 is 5.48. The number of hydrogen-bond acceptors (Lipinski definition) is 5. The molecule has 8 heteroatoms. The van der Waals surface area contributed by atoms with Gasteiger partial charge >= 0.3 is 6.09 Å². The first kappa shape index (κ1) is 32.2. The lowest BCUT2D eigenvalue weighted by Crippen LogP contribution is -2.54. The average Bonchev–Trinajstić information content (AvgIpc) is 2.96. The van der Waals surface area contributed by atoms with E-state index < -0.39 is 29.7 Å². The Morgan fingerprint density at radius 2 is 1.48 bits per heavy atom. The number of nitrogens with one attached hydrogen (secondary N) is 2. The maximum atomic E-state index is 14.3. The summed E-state index contributed by atoms with van der Waals surface area (Å²) in [7, 11) is 0. The van der Waals surface area contributed by atoms with Crippen molar-refractivity contribution < 1.29 is 24.2 Å². The number of nitrogens with zero attached hydrogens (tertiary/aromatic N) is 1. The van der Waals surface area contributed by atoms with Gasteiger partial charge in [0.15, 0.2) is 0 Å². The van der Waals surface area contributed by atoms with Crippen molar-refractivity contribution in [3.8, 4) is 5.75 Å². The van der Waals surface area contributed by atoms with Gasteiger partial charge in [0.25, 0.3) is 0 Å². The minimum atomic E-state index is -1.02. The number of carbonyl (C=O) groups is 3. The van der Waals surface area contributed by atoms with Crippen LogP contribution >= 0.6 is 0 Å². The van der Waals surface area contributed by atoms with E-state index in [0.717, 1.165) is 23.1 Å². The SMILES string of the molecule is CCCN(C(=O)C(Cc1ccc(O)cc1)NC(=O)OC(C)(C)C)C(C(=O)NCc1ccccc1)c1ccc(CC)cc1. The molecule has 8 nitrogen and oxygen atoms in total. The fraction of sp³-hybridized carbons (Fsp3) is 0.382. The van der Waals surface area contributed by atoms with Gasteiger partial charge in [-0.1, -0.05) is 80.6 Å². The van der Waals surface area contributed by atoms with E-state index in [4.69, 9.17) is 4.74 Å². The van der Waals surface area contributed by atoms with Crippen molar-refractivity contribution in [3.63, 3.8) is 0 Å². The molecule has 3 N–H and O–H groups in total. The summed E-state index contributed by atoms with van der Waals surface area (Å²) >= 11 is 0. The second kappa shape index (κ2) is 15.1. The van der Waals surface area contributed by atoms with Gasteiger partial charge in [0.05, 0.1) is 0 Å². The smallest absolute Gasteiger partial charge is 0.408 e. The lowest BCUT2D eigenvalue weighted by molar-refractivity contribution is -0.142. The summed E-state index contributed by atoms with van der Waals surface area (Å²) in [4.78, 5) is 42.6. The summed E-state index contributed by atoms with van der Waals surface area (Å²) in [5.41, 5.74) is 2.71. The highest BCUT2D eigenvalue weighted by atomic mass is 16.6. The van der Waals surface area contributed by atoms with Crippen molar-refractivity contribution in [2.24, 2.45) is 0 Å². The topological polar surface area (TPSA) is 108 Å². The standard InChI is InChI=1S/C34H43N3O5/c1-6-21-37(32(40)29(36-33(41)42-34(3,4)5)22-25-15-19-28(38)20-16-25)30(27-17-13-24(7-2)14-18-27)31(39)35-23-26-11-9-8-10-12-26/h8-20,29-30,38H,6-7,21-23H2,1-5H3,(H,35,39)(H,36,41). The lowest BCUT2D eigenvalue weighted by atomic mass is 9.98. The maximum Gasteiger partial charge on any atom is 0.408 e. The van der Waals surface area contributed by atoms with Crippen LogP contribution in [-0.4, -0.2) is 46.1 Å². The molecule has 3 rings (SSSR count). The van der Waals surface area contributed by atoms with Crippen LogP contribution in [0, 0.1) is 0 Å². The normalized spacial score (nSPS) is 12.6. The molecule has 42 heavy (non-hydrogen) atoms. The Morgan fingerprint density at radius 1 is 0.857 bits per heavy atom. The molecule has 3 aromatic carbocycles. The van der Waals surface area contributed by atoms with Crippen LogP contribution in [0.2, 0.25) is 0 Å². The molecule has 2 atom stereocenters. The number of hydrogen-bond donors (Lipinski definition) is 3. The number of ether oxygens (including phenoxy) is 1. The highest BCUT2D eigenvalue weighted by molar-refractivity contribution is 5.92. The monoisotopic (exact) mass is 573 g/mol. The van der Waals surface area contributed by atoms with Crippen LogP contribution in [0.3, 0.4) is 0 Å². The van der Waals surface area contributed by atoms with Gasteiger partial charge in [-0.15, -0.1) is 0 Å². The third-order valence-electron chi connectivity index (χ3n) is 6.69. The molecule has 0 spiro atoms. The second-order valence-electron chi connectivity index (χ2n) is 11.3. The van der Waals surface area contributed by atoms with Crippen LogP contribution in [0.4, 0.5) is 4.79 Å². The number of phenols is 1. The third-order valence-corrected chi connectivity index (χ3v) is 6.69. The van der Waals surface area contributed by atoms with Gasteiger partial charge < -0.3 is 25.4 Å². The first-order valence-corrected chi connectivity index (χ1v) is 14.5. The molecule has 0 aromatic heterocycles. The number of aromatic hydroxyl groups is 1. The van der Waals surface area contributed by atoms with Crippen LogP contribution in [-0.2, 0) is 33.7 Å². The van der Waals surface area contributed by atoms with E-state index in [2.05, 4.69) is 17.6 Å². The van der Waals surface area contributed by atoms with Crippen molar-refractivity contribution in [2.75, 3.05) is 6.54 Å². The van der Waals surface area contributed by atoms with Crippen LogP contribution in [0.1, 0.15) is 69.3 Å². The molecule has 0 aliphatic heterocycles. The summed E-state index contributed by atoms with van der Waals surface area (Å²) in [6.07, 6.45) is 0.858. The molecule has 0 bridgehead atoms. The van der Waals surface area contributed by atoms with E-state index in [1.807, 2.05) is 61.5 Å². The second-order valence-corrected chi connectivity index (χ2v) is 11.3. The Morgan fingerprint density at radius 3 is 2.05 bits per heavy atom. The predicted molar refractivity (Wildman–Crippen MR) is 164 cm³/mol. The summed E-state index contributed by atoms with van der Waals surface area (Å²) in [5, 5.41) is 15.5. The van der Waals surface area contributed by atoms with E-state index in [-0.39, 0.29) is 18.1 Å². The maximum absolute atomic E-state index is 14.3. The highest BCUT2D eigenvalue weighted by Crippen LogP contribution is 2.25. The Labute approximate surface area is 249 Å². The van der Waals surface area contributed by atoms with Crippen molar-refractivity contribution in [2.45, 2.75) is 78.1 Å². The molecule has 0 fully saturated rings. The van der Waals surface area contributed by atoms with Crippen LogP contribution in [0.15, 0.2) is 78.9 Å². The number of alkyl carbamates (subject to hydrolysis) is 1. The minimum Gasteiger partial charge on any atom is -0.508 e. The van der Waals surface area contributed by atoms with Crippen molar-refractivity contribution in [1.82, 2.24) is 15.5 Å². The van der Waals surface area contributed by atoms with Crippen molar-refractivity contribution >= 4 is 17.9 Å². The Balaban J connectivity index is 1.99. The Kier molecular flexibility index (Phi) is 11.5. The molecule has 0 saturated heterocycles. The van der Waals surface area contributed by atoms with Crippen molar-refractivity contribution in [3.05, 3.63) is 101 Å². The van der Waals surface area contributed by atoms with E-state index in [9.17, 15) is 19.5 Å². The number of aryl methyl sites for hydroxylation is 1. The van der Waals surface area contributed by atoms with Gasteiger partial charge in [0.1, 0.15) is 23.4 Å². The van der Waals surface area contributed by atoms with Gasteiger partial charge in [0, 0.05) is 19.5 Å². The molecule has 0 radical (unpaired) electrons. The van der Waals surface area contributed by atoms with Crippen LogP contribution < -0.4 is 10.6 Å². The van der Waals surface area contributed by atoms with Gasteiger partial charge in [0.2, 0.25) is 11.8 Å². The van der Waals surface area contributed by atoms with Gasteiger partial charge in [-0.2, -0.15) is 0 Å². The van der Waals surface area contributed by atoms with Gasteiger partial charge in [-0.05, 0) is 68.0 Å². The molecule has 3 amide bonds. The van der Waals surface area contributed by atoms with Gasteiger partial charge in [-0.3, -0.25) is 9.59 Å². The largest absolute Gasteiger partial charge is 0.508 e. The summed E-state index contributed by atoms with van der Waals surface area (Å²) in [6, 6.07) is 21.8. The predicted octanol–water partition coefficient (Wildman–Crippen LogP) is 5.69. The highest BCUT2D eigenvalue weighted by Gasteiger charge is 2.36. The fourth-order valence-electron chi connectivity index (χ4n) is 4.62. The first-order valence-electron chi connectivity index (χ1n) is 14.5. The minimum absolute atomic E-state index is 0.0972. The number of rotatable bonds is 12. The number of phenolic OH excluding ortho intramolecular Hbond substituents is 1. The van der Waals surface area contributed by atoms with E-state index in [1.165, 1.54) is 12.1 Å². The number of carbonyl (C=O) groups excluding carboxylic acids is 3. The molecule has 0 saturated carbocycles. The Hall–Kier alpha value is -4.33. The fourth-order valence-corrected chi connectivity index (χ4v) is 4.62. The van der Waals surface area contributed by atoms with E-state index >= 15 is 0 Å². The lowest BCUT2D eigenvalue weighted by Gasteiger charge is -2.34. The quantitative estimate of drug-likeness (QED) is 0.258. The van der Waals surface area contributed by atoms with Crippen LogP contribution in [0.25, 0.3) is 0 Å². The molecule has 0 aliphatic carbocycles. The average molecular weight is 574 g/mol. The molecule has 0 heterocycles. The van der Waals surface area contributed by atoms with E-state index in [1.54, 1.807) is 37.8 Å². The van der Waals surface area contributed by atoms with Gasteiger partial charge in [-0.25, -0.2) is 4.79 Å². The molecule has 3 aromatic rings. The summed E-state index contributed by atoms with van der Waals surface area (Å²) in [5.74, 6) is -0.624. The number of amides is 3. The zero-order chi connectivity index (χ0) is 30.7. The van der Waals surface area contributed by atoms with Crippen LogP contribution in [0.5, 0.6) is 5.75 Å². The number of benzene rings is 3. The molecular formula is C34H43N3O5. The molecule has 0 aliphatic rings. The first-order chi connectivity index (χ1) is 20.0. The van der Waals surface area contributed by atoms with Crippen molar-refractivity contribution in [1.29, 1.82) is 0 Å².